The van der Waals surface area contributed by atoms with Gasteiger partial charge in [0.05, 0.1) is 18.5 Å². The van der Waals surface area contributed by atoms with Crippen molar-refractivity contribution in [3.63, 3.8) is 0 Å². The number of anilines is 1. The number of nitrogens with zero attached hydrogens (tertiary/aromatic N) is 6. The molecular weight excluding hydrogens is 703 g/mol. The van der Waals surface area contributed by atoms with E-state index in [0.717, 1.165) is 83.6 Å². The Labute approximate surface area is 317 Å². The number of phenols is 1. The molecule has 0 radical (unpaired) electrons. The van der Waals surface area contributed by atoms with Crippen LogP contribution in [0.1, 0.15) is 59.8 Å². The Balaban J connectivity index is 0.823. The number of aryl methyl sites for hydroxylation is 1. The molecule has 55 heavy (non-hydrogen) atoms. The van der Waals surface area contributed by atoms with E-state index in [1.807, 2.05) is 42.5 Å². The van der Waals surface area contributed by atoms with E-state index in [4.69, 9.17) is 9.47 Å². The maximum absolute atomic E-state index is 13.8. The molecular formula is C42H41FN6O6. The van der Waals surface area contributed by atoms with Crippen LogP contribution in [0.2, 0.25) is 0 Å². The second kappa shape index (κ2) is 15.7. The van der Waals surface area contributed by atoms with Gasteiger partial charge in [-0.2, -0.15) is 10.1 Å². The molecule has 2 atom stereocenters. The normalized spacial score (nSPS) is 18.9. The van der Waals surface area contributed by atoms with Crippen molar-refractivity contribution < 1.29 is 28.6 Å². The van der Waals surface area contributed by atoms with Gasteiger partial charge in [0.1, 0.15) is 35.5 Å². The number of aromatic hydroxyl groups is 1. The number of hydrogen-bond acceptors (Lipinski definition) is 10. The van der Waals surface area contributed by atoms with Crippen LogP contribution in [-0.4, -0.2) is 76.0 Å². The van der Waals surface area contributed by atoms with Crippen molar-refractivity contribution in [3.05, 3.63) is 136 Å². The van der Waals surface area contributed by atoms with Crippen LogP contribution < -0.4 is 24.9 Å². The predicted octanol–water partition coefficient (Wildman–Crippen LogP) is 5.51. The van der Waals surface area contributed by atoms with Crippen molar-refractivity contribution >= 4 is 17.6 Å². The van der Waals surface area contributed by atoms with Crippen LogP contribution in [0, 0.1) is 5.82 Å². The Morgan fingerprint density at radius 3 is 2.20 bits per heavy atom. The molecule has 2 aromatic heterocycles. The number of fused-ring (bicyclic) bond motifs is 1. The van der Waals surface area contributed by atoms with E-state index >= 15 is 0 Å². The average molecular weight is 745 g/mol. The zero-order valence-corrected chi connectivity index (χ0v) is 30.2. The summed E-state index contributed by atoms with van der Waals surface area (Å²) >= 11 is 0. The lowest BCUT2D eigenvalue weighted by molar-refractivity contribution is -0.132. The van der Waals surface area contributed by atoms with Gasteiger partial charge in [0.15, 0.2) is 5.75 Å². The highest BCUT2D eigenvalue weighted by atomic mass is 19.1. The van der Waals surface area contributed by atoms with Crippen LogP contribution in [0.4, 0.5) is 10.2 Å². The largest absolute Gasteiger partial charge is 0.508 e. The molecule has 0 spiro atoms. The van der Waals surface area contributed by atoms with Crippen LogP contribution in [0.3, 0.4) is 0 Å². The Morgan fingerprint density at radius 2 is 1.49 bits per heavy atom. The lowest BCUT2D eigenvalue weighted by Gasteiger charge is -2.35. The summed E-state index contributed by atoms with van der Waals surface area (Å²) in [5.41, 5.74) is 3.96. The summed E-state index contributed by atoms with van der Waals surface area (Å²) in [6.07, 6.45) is 5.47. The number of aromatic nitrogens is 3. The van der Waals surface area contributed by atoms with Gasteiger partial charge < -0.3 is 19.5 Å². The number of phenolic OH excluding ortho intramolecular Hbond substituents is 1. The molecule has 12 nitrogen and oxygen atoms in total. The van der Waals surface area contributed by atoms with Crippen LogP contribution >= 0.6 is 0 Å². The Hall–Kier alpha value is -6.08. The molecule has 2 fully saturated rings. The molecule has 0 unspecified atom stereocenters. The van der Waals surface area contributed by atoms with Gasteiger partial charge in [-0.1, -0.05) is 30.3 Å². The number of rotatable bonds is 10. The van der Waals surface area contributed by atoms with Crippen molar-refractivity contribution in [3.8, 4) is 23.0 Å². The van der Waals surface area contributed by atoms with Gasteiger partial charge in [0.25, 0.3) is 5.56 Å². The minimum Gasteiger partial charge on any atom is -0.508 e. The van der Waals surface area contributed by atoms with Crippen molar-refractivity contribution in [1.82, 2.24) is 19.8 Å². The van der Waals surface area contributed by atoms with Gasteiger partial charge in [-0.05, 0) is 96.0 Å². The summed E-state index contributed by atoms with van der Waals surface area (Å²) in [5, 5.41) is 14.9. The summed E-state index contributed by atoms with van der Waals surface area (Å²) in [4.78, 5) is 46.9. The Bertz CT molecular complexity index is 2210. The number of pyridine rings is 1. The average Bonchev–Trinajstić information content (AvgIpc) is 3.19. The minimum atomic E-state index is -0.645. The van der Waals surface area contributed by atoms with Gasteiger partial charge in [0, 0.05) is 51.5 Å². The van der Waals surface area contributed by atoms with Crippen molar-refractivity contribution in [2.24, 2.45) is 0 Å². The zero-order chi connectivity index (χ0) is 37.9. The SMILES string of the molecule is O=C1CCCC(=O)N1n1ncc(Oc2ccc(N3CCN(CCOc4ccc([C@@H]5c6ccc(O)cc6CC[C@@H]5c5ccc(F)cc5)cc4)CC3)nc2)cc1=O. The number of piperidine rings is 1. The summed E-state index contributed by atoms with van der Waals surface area (Å²) in [7, 11) is 0. The summed E-state index contributed by atoms with van der Waals surface area (Å²) in [6.45, 7) is 4.65. The second-order valence-corrected chi connectivity index (χ2v) is 14.1. The van der Waals surface area contributed by atoms with E-state index in [2.05, 4.69) is 32.0 Å². The van der Waals surface area contributed by atoms with Gasteiger partial charge in [-0.25, -0.2) is 9.37 Å². The number of amides is 2. The third kappa shape index (κ3) is 7.92. The minimum absolute atomic E-state index is 0.0755. The molecule has 1 aliphatic carbocycles. The Kier molecular flexibility index (Phi) is 10.3. The molecule has 2 aliphatic heterocycles. The molecule has 2 saturated heterocycles. The first-order valence-corrected chi connectivity index (χ1v) is 18.7. The summed E-state index contributed by atoms with van der Waals surface area (Å²) in [5.74, 6) is 1.59. The monoisotopic (exact) mass is 744 g/mol. The van der Waals surface area contributed by atoms with Crippen LogP contribution in [0.15, 0.2) is 102 Å². The molecule has 8 rings (SSSR count). The summed E-state index contributed by atoms with van der Waals surface area (Å²) in [6, 6.07) is 25.6. The first-order valence-electron chi connectivity index (χ1n) is 18.7. The second-order valence-electron chi connectivity index (χ2n) is 14.1. The fourth-order valence-corrected chi connectivity index (χ4v) is 7.85. The lowest BCUT2D eigenvalue weighted by atomic mass is 9.69. The molecule has 2 amide bonds. The number of carbonyl (C=O) groups excluding carboxylic acids is 2. The quantitative estimate of drug-likeness (QED) is 0.183. The first kappa shape index (κ1) is 35.9. The highest BCUT2D eigenvalue weighted by Crippen LogP contribution is 2.47. The number of benzene rings is 3. The highest BCUT2D eigenvalue weighted by Gasteiger charge is 2.33. The smallest absolute Gasteiger partial charge is 0.290 e. The molecule has 13 heteroatoms. The molecule has 0 saturated carbocycles. The number of carbonyl (C=O) groups is 2. The van der Waals surface area contributed by atoms with Crippen molar-refractivity contribution in [2.75, 3.05) is 49.2 Å². The number of imide groups is 1. The Morgan fingerprint density at radius 1 is 0.764 bits per heavy atom. The number of halogens is 1. The number of piperazine rings is 1. The molecule has 1 N–H and O–H groups in total. The molecule has 0 bridgehead atoms. The zero-order valence-electron chi connectivity index (χ0n) is 30.2. The van der Waals surface area contributed by atoms with Crippen LogP contribution in [0.25, 0.3) is 0 Å². The molecule has 282 valence electrons. The molecule has 4 heterocycles. The third-order valence-corrected chi connectivity index (χ3v) is 10.7. The van der Waals surface area contributed by atoms with E-state index in [-0.39, 0.29) is 42.0 Å². The van der Waals surface area contributed by atoms with Gasteiger partial charge in [0.2, 0.25) is 11.8 Å². The number of ether oxygens (including phenoxy) is 2. The van der Waals surface area contributed by atoms with Crippen LogP contribution in [-0.2, 0) is 16.0 Å². The highest BCUT2D eigenvalue weighted by molar-refractivity contribution is 6.09. The van der Waals surface area contributed by atoms with Gasteiger partial charge >= 0.3 is 0 Å². The topological polar surface area (TPSA) is 130 Å². The first-order chi connectivity index (χ1) is 26.8. The lowest BCUT2D eigenvalue weighted by Crippen LogP contribution is -2.53. The predicted molar refractivity (Wildman–Crippen MR) is 203 cm³/mol. The maximum Gasteiger partial charge on any atom is 0.290 e. The van der Waals surface area contributed by atoms with Gasteiger partial charge in [-0.3, -0.25) is 19.3 Å². The van der Waals surface area contributed by atoms with Gasteiger partial charge in [-0.15, -0.1) is 4.79 Å². The molecule has 3 aromatic carbocycles. The van der Waals surface area contributed by atoms with E-state index < -0.39 is 17.4 Å². The number of hydrogen-bond donors (Lipinski definition) is 1. The van der Waals surface area contributed by atoms with Crippen LogP contribution in [0.5, 0.6) is 23.0 Å². The van der Waals surface area contributed by atoms with Crippen molar-refractivity contribution in [2.45, 2.75) is 43.9 Å². The van der Waals surface area contributed by atoms with E-state index in [0.29, 0.717) is 18.8 Å². The molecule has 5 aromatic rings. The van der Waals surface area contributed by atoms with E-state index in [9.17, 15) is 23.9 Å². The molecule has 3 aliphatic rings. The standard InChI is InChI=1S/C42H41FN6O6/c43-31-9-4-28(5-10-31)36-15-8-30-24-32(50)11-16-37(30)42(36)29-6-12-33(13-7-29)54-23-22-46-18-20-47(21-19-46)38-17-14-34(26-44-38)55-35-25-41(53)49(45-27-35)48-39(51)2-1-3-40(48)52/h4-7,9-14,16-17,24-27,36,42,50H,1-3,8,15,18-23H2/t36-,42+/m1/s1. The summed E-state index contributed by atoms with van der Waals surface area (Å²) < 4.78 is 25.7. The third-order valence-electron chi connectivity index (χ3n) is 10.7. The maximum atomic E-state index is 13.8. The fraction of sp³-hybridized carbons (Fsp3) is 0.310. The van der Waals surface area contributed by atoms with E-state index in [1.165, 1.54) is 30.0 Å². The van der Waals surface area contributed by atoms with Crippen molar-refractivity contribution in [1.29, 1.82) is 0 Å². The van der Waals surface area contributed by atoms with E-state index in [1.54, 1.807) is 18.3 Å². The fourth-order valence-electron chi connectivity index (χ4n) is 7.85.